The average Bonchev–Trinajstić information content (AvgIpc) is 2.72. The lowest BCUT2D eigenvalue weighted by Gasteiger charge is -2.23. The zero-order valence-electron chi connectivity index (χ0n) is 13.0. The fourth-order valence-electron chi connectivity index (χ4n) is 3.55. The summed E-state index contributed by atoms with van der Waals surface area (Å²) in [5.74, 6) is 0.229. The van der Waals surface area contributed by atoms with Gasteiger partial charge in [-0.05, 0) is 44.2 Å². The van der Waals surface area contributed by atoms with Crippen LogP contribution in [0.4, 0.5) is 11.4 Å². The van der Waals surface area contributed by atoms with Gasteiger partial charge in [-0.1, -0.05) is 19.1 Å². The average molecular weight is 288 g/mol. The SMILES string of the molecule is CC1OC(C)C(C(=O)Nc2cccc3c2NCCC3)C1C. The predicted octanol–water partition coefficient (Wildman–Crippen LogP) is 3.04. The molecule has 21 heavy (non-hydrogen) atoms. The quantitative estimate of drug-likeness (QED) is 0.879. The lowest BCUT2D eigenvalue weighted by atomic mass is 9.88. The molecular weight excluding hydrogens is 264 g/mol. The van der Waals surface area contributed by atoms with Crippen molar-refractivity contribution in [1.29, 1.82) is 0 Å². The zero-order valence-corrected chi connectivity index (χ0v) is 13.0. The van der Waals surface area contributed by atoms with Crippen LogP contribution in [0.5, 0.6) is 0 Å². The lowest BCUT2D eigenvalue weighted by molar-refractivity contribution is -0.121. The number of benzene rings is 1. The highest BCUT2D eigenvalue weighted by molar-refractivity contribution is 5.97. The molecule has 4 nitrogen and oxygen atoms in total. The van der Waals surface area contributed by atoms with Crippen LogP contribution in [0.1, 0.15) is 32.8 Å². The molecule has 3 rings (SSSR count). The van der Waals surface area contributed by atoms with E-state index in [0.717, 1.165) is 30.8 Å². The molecule has 4 atom stereocenters. The number of hydrogen-bond acceptors (Lipinski definition) is 3. The van der Waals surface area contributed by atoms with Gasteiger partial charge in [0, 0.05) is 6.54 Å². The van der Waals surface area contributed by atoms with Crippen LogP contribution in [0.25, 0.3) is 0 Å². The van der Waals surface area contributed by atoms with E-state index in [4.69, 9.17) is 4.74 Å². The topological polar surface area (TPSA) is 50.4 Å². The molecule has 1 aromatic carbocycles. The van der Waals surface area contributed by atoms with Crippen LogP contribution in [-0.2, 0) is 16.0 Å². The van der Waals surface area contributed by atoms with Crippen LogP contribution in [0, 0.1) is 11.8 Å². The van der Waals surface area contributed by atoms with Gasteiger partial charge >= 0.3 is 0 Å². The fraction of sp³-hybridized carbons (Fsp3) is 0.588. The maximum atomic E-state index is 12.6. The first-order valence-electron chi connectivity index (χ1n) is 7.90. The molecule has 1 aromatic rings. The second kappa shape index (κ2) is 5.68. The third-order valence-electron chi connectivity index (χ3n) is 4.88. The summed E-state index contributed by atoms with van der Waals surface area (Å²) in [6.07, 6.45) is 2.33. The summed E-state index contributed by atoms with van der Waals surface area (Å²) in [6, 6.07) is 6.12. The van der Waals surface area contributed by atoms with Crippen molar-refractivity contribution >= 4 is 17.3 Å². The van der Waals surface area contributed by atoms with Crippen molar-refractivity contribution in [3.8, 4) is 0 Å². The number of fused-ring (bicyclic) bond motifs is 1. The van der Waals surface area contributed by atoms with E-state index in [1.807, 2.05) is 26.0 Å². The number of para-hydroxylation sites is 1. The van der Waals surface area contributed by atoms with E-state index in [9.17, 15) is 4.79 Å². The Morgan fingerprint density at radius 2 is 2.10 bits per heavy atom. The van der Waals surface area contributed by atoms with Gasteiger partial charge in [-0.25, -0.2) is 0 Å². The first-order valence-corrected chi connectivity index (χ1v) is 7.90. The van der Waals surface area contributed by atoms with Crippen LogP contribution in [0.2, 0.25) is 0 Å². The van der Waals surface area contributed by atoms with E-state index in [1.165, 1.54) is 5.56 Å². The van der Waals surface area contributed by atoms with Gasteiger partial charge in [0.15, 0.2) is 0 Å². The molecule has 2 aliphatic heterocycles. The largest absolute Gasteiger partial charge is 0.383 e. The van der Waals surface area contributed by atoms with Gasteiger partial charge < -0.3 is 15.4 Å². The normalized spacial score (nSPS) is 31.4. The molecule has 1 amide bonds. The Hall–Kier alpha value is -1.55. The highest BCUT2D eigenvalue weighted by atomic mass is 16.5. The molecule has 2 heterocycles. The minimum absolute atomic E-state index is 0.0255. The van der Waals surface area contributed by atoms with Crippen LogP contribution >= 0.6 is 0 Å². The Morgan fingerprint density at radius 3 is 2.81 bits per heavy atom. The summed E-state index contributed by atoms with van der Waals surface area (Å²) in [5, 5.41) is 6.52. The van der Waals surface area contributed by atoms with Crippen LogP contribution in [-0.4, -0.2) is 24.7 Å². The van der Waals surface area contributed by atoms with Crippen molar-refractivity contribution in [3.05, 3.63) is 23.8 Å². The zero-order chi connectivity index (χ0) is 15.0. The van der Waals surface area contributed by atoms with Crippen LogP contribution < -0.4 is 10.6 Å². The van der Waals surface area contributed by atoms with E-state index in [2.05, 4.69) is 23.6 Å². The van der Waals surface area contributed by atoms with Gasteiger partial charge in [-0.3, -0.25) is 4.79 Å². The van der Waals surface area contributed by atoms with Gasteiger partial charge in [-0.2, -0.15) is 0 Å². The van der Waals surface area contributed by atoms with E-state index in [1.54, 1.807) is 0 Å². The minimum atomic E-state index is -0.0838. The van der Waals surface area contributed by atoms with Gasteiger partial charge in [0.25, 0.3) is 0 Å². The van der Waals surface area contributed by atoms with Gasteiger partial charge in [0.1, 0.15) is 0 Å². The van der Waals surface area contributed by atoms with Gasteiger partial charge in [-0.15, -0.1) is 0 Å². The summed E-state index contributed by atoms with van der Waals surface area (Å²) in [4.78, 5) is 12.6. The molecule has 4 heteroatoms. The van der Waals surface area contributed by atoms with Gasteiger partial charge in [0.05, 0.1) is 29.5 Å². The van der Waals surface area contributed by atoms with Gasteiger partial charge in [0.2, 0.25) is 5.91 Å². The number of amides is 1. The van der Waals surface area contributed by atoms with Crippen molar-refractivity contribution in [2.45, 2.75) is 45.8 Å². The number of anilines is 2. The van der Waals surface area contributed by atoms with E-state index < -0.39 is 0 Å². The van der Waals surface area contributed by atoms with Crippen molar-refractivity contribution in [1.82, 2.24) is 0 Å². The molecule has 0 saturated carbocycles. The minimum Gasteiger partial charge on any atom is -0.383 e. The molecule has 0 aromatic heterocycles. The second-order valence-corrected chi connectivity index (χ2v) is 6.29. The highest BCUT2D eigenvalue weighted by Crippen LogP contribution is 2.35. The molecule has 0 aliphatic carbocycles. The Labute approximate surface area is 126 Å². The molecular formula is C17H24N2O2. The standard InChI is InChI=1S/C17H24N2O2/c1-10-11(2)21-12(3)15(10)17(20)19-14-8-4-6-13-7-5-9-18-16(13)14/h4,6,8,10-12,15,18H,5,7,9H2,1-3H3,(H,19,20). The molecule has 2 N–H and O–H groups in total. The number of carbonyl (C=O) groups is 1. The van der Waals surface area contributed by atoms with Crippen molar-refractivity contribution in [3.63, 3.8) is 0 Å². The summed E-state index contributed by atoms with van der Waals surface area (Å²) >= 11 is 0. The van der Waals surface area contributed by atoms with Crippen molar-refractivity contribution in [2.24, 2.45) is 11.8 Å². The number of aryl methyl sites for hydroxylation is 1. The van der Waals surface area contributed by atoms with Crippen LogP contribution in [0.15, 0.2) is 18.2 Å². The molecule has 0 bridgehead atoms. The molecule has 1 saturated heterocycles. The molecule has 0 radical (unpaired) electrons. The number of nitrogens with one attached hydrogen (secondary N) is 2. The van der Waals surface area contributed by atoms with Crippen LogP contribution in [0.3, 0.4) is 0 Å². The number of ether oxygens (including phenoxy) is 1. The summed E-state index contributed by atoms with van der Waals surface area (Å²) in [6.45, 7) is 7.09. The smallest absolute Gasteiger partial charge is 0.230 e. The maximum absolute atomic E-state index is 12.6. The molecule has 4 unspecified atom stereocenters. The first kappa shape index (κ1) is 14.4. The van der Waals surface area contributed by atoms with Crippen molar-refractivity contribution < 1.29 is 9.53 Å². The third kappa shape index (κ3) is 2.64. The maximum Gasteiger partial charge on any atom is 0.230 e. The fourth-order valence-corrected chi connectivity index (χ4v) is 3.55. The Kier molecular flexibility index (Phi) is 3.89. The second-order valence-electron chi connectivity index (χ2n) is 6.29. The van der Waals surface area contributed by atoms with E-state index in [0.29, 0.717) is 0 Å². The van der Waals surface area contributed by atoms with E-state index >= 15 is 0 Å². The predicted molar refractivity (Wildman–Crippen MR) is 84.5 cm³/mol. The first-order chi connectivity index (χ1) is 10.1. The highest BCUT2D eigenvalue weighted by Gasteiger charge is 2.41. The molecule has 2 aliphatic rings. The monoisotopic (exact) mass is 288 g/mol. The number of hydrogen-bond donors (Lipinski definition) is 2. The molecule has 1 fully saturated rings. The third-order valence-corrected chi connectivity index (χ3v) is 4.88. The summed E-state index contributed by atoms with van der Waals surface area (Å²) in [5.41, 5.74) is 3.27. The molecule has 114 valence electrons. The van der Waals surface area contributed by atoms with E-state index in [-0.39, 0.29) is 30.0 Å². The molecule has 0 spiro atoms. The summed E-state index contributed by atoms with van der Waals surface area (Å²) in [7, 11) is 0. The Morgan fingerprint density at radius 1 is 1.29 bits per heavy atom. The lowest BCUT2D eigenvalue weighted by Crippen LogP contribution is -2.32. The number of rotatable bonds is 2. The Bertz CT molecular complexity index is 544. The van der Waals surface area contributed by atoms with Crippen molar-refractivity contribution in [2.75, 3.05) is 17.2 Å². The summed E-state index contributed by atoms with van der Waals surface area (Å²) < 4.78 is 5.78. The Balaban J connectivity index is 1.79. The number of carbonyl (C=O) groups excluding carboxylic acids is 1.